The second-order valence-electron chi connectivity index (χ2n) is 4.61. The van der Waals surface area contributed by atoms with E-state index in [-0.39, 0.29) is 23.5 Å². The first-order chi connectivity index (χ1) is 8.99. The fourth-order valence-electron chi connectivity index (χ4n) is 2.14. The van der Waals surface area contributed by atoms with Crippen molar-refractivity contribution in [1.29, 1.82) is 0 Å². The number of aryl methyl sites for hydroxylation is 1. The number of carbonyl (C=O) groups excluding carboxylic acids is 1. The molecule has 8 heteroatoms. The molecule has 0 saturated carbocycles. The van der Waals surface area contributed by atoms with E-state index in [0.717, 1.165) is 12.8 Å². The van der Waals surface area contributed by atoms with E-state index in [1.807, 2.05) is 6.92 Å². The van der Waals surface area contributed by atoms with Crippen LogP contribution >= 0.6 is 0 Å². The first-order valence-electron chi connectivity index (χ1n) is 6.09. The molecule has 1 aromatic heterocycles. The zero-order chi connectivity index (χ0) is 14.0. The predicted octanol–water partition coefficient (Wildman–Crippen LogP) is 0.626. The van der Waals surface area contributed by atoms with E-state index in [9.17, 15) is 14.9 Å². The molecular weight excluding hydrogens is 252 g/mol. The molecule has 2 heterocycles. The number of rotatable bonds is 4. The summed E-state index contributed by atoms with van der Waals surface area (Å²) in [7, 11) is 1.54. The van der Waals surface area contributed by atoms with Crippen LogP contribution < -0.4 is 5.32 Å². The number of nitro groups is 1. The molecular formula is C11H16N4O4. The molecule has 1 amide bonds. The van der Waals surface area contributed by atoms with E-state index in [0.29, 0.717) is 6.61 Å². The SMILES string of the molecule is C[C@@H](NC(=O)c1nn(C)cc1[N+](=O)[O-])[C@@H]1CCCO1. The van der Waals surface area contributed by atoms with Crippen LogP contribution in [0, 0.1) is 10.1 Å². The van der Waals surface area contributed by atoms with Gasteiger partial charge >= 0.3 is 5.69 Å². The van der Waals surface area contributed by atoms with E-state index in [2.05, 4.69) is 10.4 Å². The quantitative estimate of drug-likeness (QED) is 0.637. The van der Waals surface area contributed by atoms with Gasteiger partial charge in [-0.05, 0) is 19.8 Å². The van der Waals surface area contributed by atoms with E-state index in [4.69, 9.17) is 4.74 Å². The van der Waals surface area contributed by atoms with Gasteiger partial charge in [0.25, 0.3) is 5.91 Å². The minimum atomic E-state index is -0.612. The van der Waals surface area contributed by atoms with Crippen LogP contribution in [-0.4, -0.2) is 39.4 Å². The lowest BCUT2D eigenvalue weighted by Crippen LogP contribution is -2.41. The Kier molecular flexibility index (Phi) is 3.79. The fraction of sp³-hybridized carbons (Fsp3) is 0.636. The molecule has 1 aliphatic rings. The Bertz CT molecular complexity index is 493. The third kappa shape index (κ3) is 2.90. The highest BCUT2D eigenvalue weighted by molar-refractivity contribution is 5.96. The van der Waals surface area contributed by atoms with Crippen molar-refractivity contribution in [2.24, 2.45) is 7.05 Å². The Morgan fingerprint density at radius 3 is 3.05 bits per heavy atom. The number of carbonyl (C=O) groups is 1. The molecule has 8 nitrogen and oxygen atoms in total. The third-order valence-electron chi connectivity index (χ3n) is 3.10. The Labute approximate surface area is 109 Å². The number of hydrogen-bond donors (Lipinski definition) is 1. The molecule has 0 radical (unpaired) electrons. The van der Waals surface area contributed by atoms with Crippen LogP contribution in [0.1, 0.15) is 30.3 Å². The van der Waals surface area contributed by atoms with Crippen molar-refractivity contribution in [2.75, 3.05) is 6.61 Å². The molecule has 2 atom stereocenters. The average molecular weight is 268 g/mol. The van der Waals surface area contributed by atoms with Crippen molar-refractivity contribution in [3.8, 4) is 0 Å². The van der Waals surface area contributed by atoms with Gasteiger partial charge < -0.3 is 10.1 Å². The molecule has 1 saturated heterocycles. The molecule has 104 valence electrons. The van der Waals surface area contributed by atoms with Crippen LogP contribution in [0.15, 0.2) is 6.20 Å². The van der Waals surface area contributed by atoms with Crippen LogP contribution in [0.3, 0.4) is 0 Å². The maximum Gasteiger partial charge on any atom is 0.320 e. The average Bonchev–Trinajstić information content (AvgIpc) is 2.96. The summed E-state index contributed by atoms with van der Waals surface area (Å²) in [6, 6.07) is -0.198. The molecule has 1 aliphatic heterocycles. The number of ether oxygens (including phenoxy) is 1. The van der Waals surface area contributed by atoms with Gasteiger partial charge in [-0.3, -0.25) is 19.6 Å². The molecule has 0 unspecified atom stereocenters. The van der Waals surface area contributed by atoms with Gasteiger partial charge in [0.05, 0.1) is 17.1 Å². The summed E-state index contributed by atoms with van der Waals surface area (Å²) in [6.07, 6.45) is 3.03. The minimum Gasteiger partial charge on any atom is -0.376 e. The van der Waals surface area contributed by atoms with Crippen molar-refractivity contribution in [1.82, 2.24) is 15.1 Å². The molecule has 19 heavy (non-hydrogen) atoms. The van der Waals surface area contributed by atoms with Gasteiger partial charge in [0.1, 0.15) is 6.20 Å². The highest BCUT2D eigenvalue weighted by Crippen LogP contribution is 2.18. The van der Waals surface area contributed by atoms with E-state index >= 15 is 0 Å². The molecule has 1 fully saturated rings. The highest BCUT2D eigenvalue weighted by atomic mass is 16.6. The molecule has 2 rings (SSSR count). The van der Waals surface area contributed by atoms with Crippen molar-refractivity contribution >= 4 is 11.6 Å². The number of hydrogen-bond acceptors (Lipinski definition) is 5. The maximum absolute atomic E-state index is 12.0. The summed E-state index contributed by atoms with van der Waals surface area (Å²) < 4.78 is 6.71. The predicted molar refractivity (Wildman–Crippen MR) is 65.8 cm³/mol. The van der Waals surface area contributed by atoms with Gasteiger partial charge in [-0.1, -0.05) is 0 Å². The molecule has 0 aliphatic carbocycles. The molecule has 0 spiro atoms. The number of nitrogens with zero attached hydrogens (tertiary/aromatic N) is 3. The van der Waals surface area contributed by atoms with Crippen LogP contribution in [-0.2, 0) is 11.8 Å². The maximum atomic E-state index is 12.0. The summed E-state index contributed by atoms with van der Waals surface area (Å²) >= 11 is 0. The van der Waals surface area contributed by atoms with Gasteiger partial charge in [0.2, 0.25) is 5.69 Å². The molecule has 1 aromatic rings. The Morgan fingerprint density at radius 1 is 1.74 bits per heavy atom. The van der Waals surface area contributed by atoms with Crippen LogP contribution in [0.4, 0.5) is 5.69 Å². The van der Waals surface area contributed by atoms with Crippen molar-refractivity contribution < 1.29 is 14.5 Å². The Morgan fingerprint density at radius 2 is 2.47 bits per heavy atom. The van der Waals surface area contributed by atoms with E-state index in [1.54, 1.807) is 0 Å². The Hall–Kier alpha value is -1.96. The Balaban J connectivity index is 2.09. The summed E-state index contributed by atoms with van der Waals surface area (Å²) in [4.78, 5) is 22.2. The first-order valence-corrected chi connectivity index (χ1v) is 6.09. The smallest absolute Gasteiger partial charge is 0.320 e. The van der Waals surface area contributed by atoms with Crippen molar-refractivity contribution in [3.05, 3.63) is 22.0 Å². The highest BCUT2D eigenvalue weighted by Gasteiger charge is 2.29. The summed E-state index contributed by atoms with van der Waals surface area (Å²) in [6.45, 7) is 2.51. The van der Waals surface area contributed by atoms with E-state index < -0.39 is 10.8 Å². The molecule has 0 aromatic carbocycles. The lowest BCUT2D eigenvalue weighted by atomic mass is 10.1. The normalized spacial score (nSPS) is 20.2. The van der Waals surface area contributed by atoms with Gasteiger partial charge in [0.15, 0.2) is 0 Å². The lowest BCUT2D eigenvalue weighted by molar-refractivity contribution is -0.385. The number of amides is 1. The topological polar surface area (TPSA) is 99.3 Å². The number of aromatic nitrogens is 2. The third-order valence-corrected chi connectivity index (χ3v) is 3.10. The van der Waals surface area contributed by atoms with Gasteiger partial charge in [-0.25, -0.2) is 0 Å². The minimum absolute atomic E-state index is 0.0354. The standard InChI is InChI=1S/C11H16N4O4/c1-7(9-4-3-5-19-9)12-11(16)10-8(15(17)18)6-14(2)13-10/h6-7,9H,3-5H2,1-2H3,(H,12,16)/t7-,9+/m1/s1. The second-order valence-corrected chi connectivity index (χ2v) is 4.61. The zero-order valence-electron chi connectivity index (χ0n) is 10.8. The van der Waals surface area contributed by atoms with Crippen molar-refractivity contribution in [2.45, 2.75) is 31.9 Å². The lowest BCUT2D eigenvalue weighted by Gasteiger charge is -2.19. The zero-order valence-corrected chi connectivity index (χ0v) is 10.8. The summed E-state index contributed by atoms with van der Waals surface area (Å²) in [5, 5.41) is 17.4. The number of nitrogens with one attached hydrogen (secondary N) is 1. The van der Waals surface area contributed by atoms with Gasteiger partial charge in [0, 0.05) is 13.7 Å². The monoisotopic (exact) mass is 268 g/mol. The van der Waals surface area contributed by atoms with Crippen LogP contribution in [0.5, 0.6) is 0 Å². The van der Waals surface area contributed by atoms with E-state index in [1.165, 1.54) is 17.9 Å². The fourth-order valence-corrected chi connectivity index (χ4v) is 2.14. The largest absolute Gasteiger partial charge is 0.376 e. The van der Waals surface area contributed by atoms with Crippen molar-refractivity contribution in [3.63, 3.8) is 0 Å². The van der Waals surface area contributed by atoms with Crippen LogP contribution in [0.25, 0.3) is 0 Å². The van der Waals surface area contributed by atoms with Gasteiger partial charge in [-0.15, -0.1) is 0 Å². The first kappa shape index (κ1) is 13.5. The summed E-state index contributed by atoms with van der Waals surface area (Å²) in [5.74, 6) is -0.546. The molecule has 0 bridgehead atoms. The summed E-state index contributed by atoms with van der Waals surface area (Å²) in [5.41, 5.74) is -0.461. The van der Waals surface area contributed by atoms with Gasteiger partial charge in [-0.2, -0.15) is 5.10 Å². The molecule has 1 N–H and O–H groups in total. The second kappa shape index (κ2) is 5.35. The van der Waals surface area contributed by atoms with Crippen LogP contribution in [0.2, 0.25) is 0 Å².